The Hall–Kier alpha value is -2.08. The highest BCUT2D eigenvalue weighted by Crippen LogP contribution is 2.28. The highest BCUT2D eigenvalue weighted by Gasteiger charge is 2.12. The van der Waals surface area contributed by atoms with E-state index in [4.69, 9.17) is 17.3 Å². The summed E-state index contributed by atoms with van der Waals surface area (Å²) in [6.45, 7) is 4.14. The lowest BCUT2D eigenvalue weighted by Crippen LogP contribution is -1.99. The van der Waals surface area contributed by atoms with Crippen LogP contribution in [0, 0.1) is 0 Å². The van der Waals surface area contributed by atoms with E-state index in [-0.39, 0.29) is 5.95 Å². The number of halogens is 1. The summed E-state index contributed by atoms with van der Waals surface area (Å²) in [6.07, 6.45) is 3.74. The molecule has 6 nitrogen and oxygen atoms in total. The fraction of sp³-hybridized carbons (Fsp3) is 0.250. The standard InChI is InChI=1S/C12H13ClN6/c1-7(2)18-6-8(5-15-18)9-3-4-10-16-12(14)17-19(10)11(9)13/h3-7H,1-2H3,(H2,14,17). The van der Waals surface area contributed by atoms with Crippen LogP contribution in [0.1, 0.15) is 19.9 Å². The van der Waals surface area contributed by atoms with Gasteiger partial charge >= 0.3 is 0 Å². The molecule has 19 heavy (non-hydrogen) atoms. The predicted octanol–water partition coefficient (Wildman–Crippen LogP) is 2.41. The highest BCUT2D eigenvalue weighted by molar-refractivity contribution is 6.32. The van der Waals surface area contributed by atoms with E-state index in [1.807, 2.05) is 23.0 Å². The molecule has 3 aromatic heterocycles. The fourth-order valence-corrected chi connectivity index (χ4v) is 2.21. The Balaban J connectivity index is 2.16. The number of rotatable bonds is 2. The zero-order chi connectivity index (χ0) is 13.6. The highest BCUT2D eigenvalue weighted by atomic mass is 35.5. The van der Waals surface area contributed by atoms with E-state index in [9.17, 15) is 0 Å². The predicted molar refractivity (Wildman–Crippen MR) is 74.0 cm³/mol. The smallest absolute Gasteiger partial charge is 0.240 e. The van der Waals surface area contributed by atoms with Gasteiger partial charge in [-0.15, -0.1) is 5.10 Å². The van der Waals surface area contributed by atoms with Crippen molar-refractivity contribution in [1.29, 1.82) is 0 Å². The summed E-state index contributed by atoms with van der Waals surface area (Å²) < 4.78 is 3.41. The molecule has 0 spiro atoms. The van der Waals surface area contributed by atoms with E-state index in [1.54, 1.807) is 6.20 Å². The van der Waals surface area contributed by atoms with Crippen LogP contribution in [0.5, 0.6) is 0 Å². The third-order valence-corrected chi connectivity index (χ3v) is 3.26. The molecule has 0 radical (unpaired) electrons. The van der Waals surface area contributed by atoms with Gasteiger partial charge in [-0.05, 0) is 26.0 Å². The summed E-state index contributed by atoms with van der Waals surface area (Å²) in [5, 5.41) is 8.85. The normalized spacial score (nSPS) is 11.6. The number of pyridine rings is 1. The van der Waals surface area contributed by atoms with E-state index in [1.165, 1.54) is 4.52 Å². The van der Waals surface area contributed by atoms with Crippen molar-refractivity contribution >= 4 is 23.2 Å². The van der Waals surface area contributed by atoms with E-state index in [0.29, 0.717) is 16.8 Å². The van der Waals surface area contributed by atoms with E-state index < -0.39 is 0 Å². The number of nitrogens with zero attached hydrogens (tertiary/aromatic N) is 5. The van der Waals surface area contributed by atoms with Crippen molar-refractivity contribution in [3.05, 3.63) is 29.7 Å². The summed E-state index contributed by atoms with van der Waals surface area (Å²) in [5.74, 6) is 0.205. The van der Waals surface area contributed by atoms with Crippen molar-refractivity contribution in [1.82, 2.24) is 24.4 Å². The van der Waals surface area contributed by atoms with E-state index in [2.05, 4.69) is 29.0 Å². The van der Waals surface area contributed by atoms with Gasteiger partial charge in [-0.2, -0.15) is 14.6 Å². The zero-order valence-electron chi connectivity index (χ0n) is 10.6. The fourth-order valence-electron chi connectivity index (χ4n) is 1.91. The molecular weight excluding hydrogens is 264 g/mol. The van der Waals surface area contributed by atoms with Crippen molar-refractivity contribution in [2.45, 2.75) is 19.9 Å². The minimum Gasteiger partial charge on any atom is -0.366 e. The maximum Gasteiger partial charge on any atom is 0.240 e. The molecule has 0 saturated carbocycles. The number of hydrogen-bond donors (Lipinski definition) is 1. The van der Waals surface area contributed by atoms with Crippen LogP contribution in [0.2, 0.25) is 5.15 Å². The maximum atomic E-state index is 6.35. The molecule has 3 aromatic rings. The minimum atomic E-state index is 0.205. The van der Waals surface area contributed by atoms with Gasteiger partial charge in [0, 0.05) is 23.4 Å². The number of anilines is 1. The summed E-state index contributed by atoms with van der Waals surface area (Å²) in [6, 6.07) is 4.03. The molecule has 2 N–H and O–H groups in total. The van der Waals surface area contributed by atoms with Gasteiger partial charge < -0.3 is 5.73 Å². The molecule has 0 fully saturated rings. The first kappa shape index (κ1) is 12.0. The summed E-state index contributed by atoms with van der Waals surface area (Å²) in [7, 11) is 0. The molecule has 3 rings (SSSR count). The number of nitrogens with two attached hydrogens (primary N) is 1. The van der Waals surface area contributed by atoms with Crippen LogP contribution >= 0.6 is 11.6 Å². The first-order chi connectivity index (χ1) is 9.06. The summed E-state index contributed by atoms with van der Waals surface area (Å²) in [4.78, 5) is 4.07. The maximum absolute atomic E-state index is 6.35. The van der Waals surface area contributed by atoms with Gasteiger partial charge in [-0.3, -0.25) is 4.68 Å². The number of aromatic nitrogens is 5. The van der Waals surface area contributed by atoms with Crippen molar-refractivity contribution < 1.29 is 0 Å². The van der Waals surface area contributed by atoms with Crippen LogP contribution in [0.15, 0.2) is 24.5 Å². The van der Waals surface area contributed by atoms with Gasteiger partial charge in [0.2, 0.25) is 5.95 Å². The molecule has 7 heteroatoms. The van der Waals surface area contributed by atoms with E-state index >= 15 is 0 Å². The Bertz CT molecular complexity index is 742. The Morgan fingerprint density at radius 3 is 2.79 bits per heavy atom. The molecule has 0 aromatic carbocycles. The second-order valence-corrected chi connectivity index (χ2v) is 4.94. The monoisotopic (exact) mass is 276 g/mol. The van der Waals surface area contributed by atoms with Gasteiger partial charge in [-0.1, -0.05) is 11.6 Å². The largest absolute Gasteiger partial charge is 0.366 e. The van der Waals surface area contributed by atoms with Crippen LogP contribution in [0.4, 0.5) is 5.95 Å². The number of fused-ring (bicyclic) bond motifs is 1. The second kappa shape index (κ2) is 4.24. The topological polar surface area (TPSA) is 74.0 Å². The SMILES string of the molecule is CC(C)n1cc(-c2ccc3nc(N)nn3c2Cl)cn1. The Labute approximate surface area is 114 Å². The summed E-state index contributed by atoms with van der Waals surface area (Å²) in [5.41, 5.74) is 7.99. The van der Waals surface area contributed by atoms with Crippen LogP contribution in [0.25, 0.3) is 16.8 Å². The molecule has 0 bridgehead atoms. The zero-order valence-corrected chi connectivity index (χ0v) is 11.3. The van der Waals surface area contributed by atoms with Gasteiger partial charge in [0.05, 0.1) is 6.20 Å². The molecule has 0 aliphatic heterocycles. The average molecular weight is 277 g/mol. The van der Waals surface area contributed by atoms with Crippen molar-refractivity contribution in [3.8, 4) is 11.1 Å². The van der Waals surface area contributed by atoms with Gasteiger partial charge in [0.15, 0.2) is 5.65 Å². The third-order valence-electron chi connectivity index (χ3n) is 2.90. The van der Waals surface area contributed by atoms with Crippen LogP contribution in [-0.2, 0) is 0 Å². The molecule has 0 aliphatic rings. The molecule has 0 amide bonds. The van der Waals surface area contributed by atoms with E-state index in [0.717, 1.165) is 11.1 Å². The molecule has 3 heterocycles. The molecular formula is C12H13ClN6. The van der Waals surface area contributed by atoms with Crippen molar-refractivity contribution in [3.63, 3.8) is 0 Å². The van der Waals surface area contributed by atoms with Crippen LogP contribution in [-0.4, -0.2) is 24.4 Å². The Morgan fingerprint density at radius 2 is 2.11 bits per heavy atom. The van der Waals surface area contributed by atoms with Gasteiger partial charge in [0.1, 0.15) is 5.15 Å². The second-order valence-electron chi connectivity index (χ2n) is 4.58. The molecule has 0 unspecified atom stereocenters. The molecule has 98 valence electrons. The van der Waals surface area contributed by atoms with Crippen LogP contribution < -0.4 is 5.73 Å². The van der Waals surface area contributed by atoms with Crippen LogP contribution in [0.3, 0.4) is 0 Å². The minimum absolute atomic E-state index is 0.205. The first-order valence-electron chi connectivity index (χ1n) is 5.91. The van der Waals surface area contributed by atoms with Gasteiger partial charge in [-0.25, -0.2) is 0 Å². The lowest BCUT2D eigenvalue weighted by molar-refractivity contribution is 0.532. The third kappa shape index (κ3) is 1.94. The molecule has 0 aliphatic carbocycles. The quantitative estimate of drug-likeness (QED) is 0.730. The average Bonchev–Trinajstić information content (AvgIpc) is 2.95. The number of hydrogen-bond acceptors (Lipinski definition) is 4. The first-order valence-corrected chi connectivity index (χ1v) is 6.29. The Morgan fingerprint density at radius 1 is 1.32 bits per heavy atom. The van der Waals surface area contributed by atoms with Gasteiger partial charge in [0.25, 0.3) is 0 Å². The number of nitrogen functional groups attached to an aromatic ring is 1. The Kier molecular flexibility index (Phi) is 2.67. The molecule has 0 atom stereocenters. The summed E-state index contributed by atoms with van der Waals surface area (Å²) >= 11 is 6.35. The van der Waals surface area contributed by atoms with Crippen molar-refractivity contribution in [2.75, 3.05) is 5.73 Å². The lowest BCUT2D eigenvalue weighted by Gasteiger charge is -2.04. The van der Waals surface area contributed by atoms with Crippen molar-refractivity contribution in [2.24, 2.45) is 0 Å². The molecule has 0 saturated heterocycles. The lowest BCUT2D eigenvalue weighted by atomic mass is 10.2.